The van der Waals surface area contributed by atoms with Crippen molar-refractivity contribution in [3.8, 4) is 5.75 Å². The first kappa shape index (κ1) is 15.8. The molecular weight excluding hydrogens is 264 g/mol. The first-order valence-corrected chi connectivity index (χ1v) is 7.89. The van der Waals surface area contributed by atoms with Crippen molar-refractivity contribution < 1.29 is 9.90 Å². The highest BCUT2D eigenvalue weighted by Gasteiger charge is 2.32. The smallest absolute Gasteiger partial charge is 0.254 e. The molecule has 0 aromatic heterocycles. The second kappa shape index (κ2) is 6.94. The molecule has 116 valence electrons. The SMILES string of the molecule is CCN(C(=O)c1cccc(O)c1C)C1CCCCC1CN. The highest BCUT2D eigenvalue weighted by Crippen LogP contribution is 2.30. The second-order valence-corrected chi connectivity index (χ2v) is 5.89. The summed E-state index contributed by atoms with van der Waals surface area (Å²) in [7, 11) is 0. The van der Waals surface area contributed by atoms with Gasteiger partial charge in [0.25, 0.3) is 5.91 Å². The van der Waals surface area contributed by atoms with Crippen LogP contribution in [0.5, 0.6) is 5.75 Å². The Morgan fingerprint density at radius 2 is 2.10 bits per heavy atom. The lowest BCUT2D eigenvalue weighted by Crippen LogP contribution is -2.48. The van der Waals surface area contributed by atoms with Gasteiger partial charge in [-0.25, -0.2) is 0 Å². The minimum atomic E-state index is 0.0104. The van der Waals surface area contributed by atoms with Crippen LogP contribution in [0, 0.1) is 12.8 Å². The summed E-state index contributed by atoms with van der Waals surface area (Å²) in [4.78, 5) is 14.8. The van der Waals surface area contributed by atoms with Crippen LogP contribution >= 0.6 is 0 Å². The second-order valence-electron chi connectivity index (χ2n) is 5.89. The molecule has 0 heterocycles. The Kier molecular flexibility index (Phi) is 5.23. The predicted molar refractivity (Wildman–Crippen MR) is 84.4 cm³/mol. The monoisotopic (exact) mass is 290 g/mol. The van der Waals surface area contributed by atoms with Crippen molar-refractivity contribution in [1.82, 2.24) is 4.90 Å². The van der Waals surface area contributed by atoms with Gasteiger partial charge >= 0.3 is 0 Å². The molecule has 1 fully saturated rings. The lowest BCUT2D eigenvalue weighted by atomic mass is 9.83. The minimum absolute atomic E-state index is 0.0104. The maximum atomic E-state index is 12.9. The van der Waals surface area contributed by atoms with Crippen LogP contribution in [0.3, 0.4) is 0 Å². The maximum absolute atomic E-state index is 12.9. The molecule has 1 aliphatic rings. The summed E-state index contributed by atoms with van der Waals surface area (Å²) in [6.45, 7) is 5.11. The molecule has 0 aliphatic heterocycles. The predicted octanol–water partition coefficient (Wildman–Crippen LogP) is 2.68. The lowest BCUT2D eigenvalue weighted by Gasteiger charge is -2.39. The Balaban J connectivity index is 2.27. The molecule has 2 atom stereocenters. The highest BCUT2D eigenvalue weighted by atomic mass is 16.3. The summed E-state index contributed by atoms with van der Waals surface area (Å²) in [5.41, 5.74) is 7.15. The van der Waals surface area contributed by atoms with E-state index in [0.717, 1.165) is 19.3 Å². The Morgan fingerprint density at radius 3 is 2.76 bits per heavy atom. The molecule has 4 nitrogen and oxygen atoms in total. The number of carbonyl (C=O) groups is 1. The van der Waals surface area contributed by atoms with Gasteiger partial charge in [-0.1, -0.05) is 18.9 Å². The number of benzene rings is 1. The van der Waals surface area contributed by atoms with Gasteiger partial charge in [0.15, 0.2) is 0 Å². The van der Waals surface area contributed by atoms with E-state index < -0.39 is 0 Å². The van der Waals surface area contributed by atoms with E-state index in [1.807, 2.05) is 11.8 Å². The summed E-state index contributed by atoms with van der Waals surface area (Å²) in [5, 5.41) is 9.82. The van der Waals surface area contributed by atoms with E-state index in [9.17, 15) is 9.90 Å². The molecule has 1 saturated carbocycles. The molecule has 3 N–H and O–H groups in total. The topological polar surface area (TPSA) is 66.6 Å². The molecule has 1 aromatic rings. The van der Waals surface area contributed by atoms with Crippen LogP contribution < -0.4 is 5.73 Å². The lowest BCUT2D eigenvalue weighted by molar-refractivity contribution is 0.0559. The molecule has 4 heteroatoms. The molecule has 0 saturated heterocycles. The van der Waals surface area contributed by atoms with E-state index in [1.165, 1.54) is 6.42 Å². The van der Waals surface area contributed by atoms with E-state index in [1.54, 1.807) is 25.1 Å². The number of nitrogens with zero attached hydrogens (tertiary/aromatic N) is 1. The minimum Gasteiger partial charge on any atom is -0.508 e. The number of aromatic hydroxyl groups is 1. The van der Waals surface area contributed by atoms with Gasteiger partial charge in [-0.3, -0.25) is 4.79 Å². The van der Waals surface area contributed by atoms with Crippen molar-refractivity contribution in [2.24, 2.45) is 11.7 Å². The molecule has 1 aromatic carbocycles. The highest BCUT2D eigenvalue weighted by molar-refractivity contribution is 5.96. The fourth-order valence-electron chi connectivity index (χ4n) is 3.41. The van der Waals surface area contributed by atoms with Gasteiger partial charge in [-0.05, 0) is 51.3 Å². The standard InChI is InChI=1S/C17H26N2O2/c1-3-19(15-9-5-4-7-13(15)11-18)17(21)14-8-6-10-16(20)12(14)2/h6,8,10,13,15,20H,3-5,7,9,11,18H2,1-2H3. The number of hydrogen-bond donors (Lipinski definition) is 2. The van der Waals surface area contributed by atoms with Gasteiger partial charge in [0.05, 0.1) is 0 Å². The Hall–Kier alpha value is -1.55. The zero-order chi connectivity index (χ0) is 15.4. The van der Waals surface area contributed by atoms with Crippen LogP contribution in [0.25, 0.3) is 0 Å². The fraction of sp³-hybridized carbons (Fsp3) is 0.588. The summed E-state index contributed by atoms with van der Waals surface area (Å²) >= 11 is 0. The zero-order valence-corrected chi connectivity index (χ0v) is 13.0. The number of amides is 1. The number of phenols is 1. The zero-order valence-electron chi connectivity index (χ0n) is 13.0. The van der Waals surface area contributed by atoms with Crippen LogP contribution in [-0.4, -0.2) is 35.0 Å². The normalized spacial score (nSPS) is 22.0. The van der Waals surface area contributed by atoms with Crippen molar-refractivity contribution in [1.29, 1.82) is 0 Å². The summed E-state index contributed by atoms with van der Waals surface area (Å²) < 4.78 is 0. The number of nitrogens with two attached hydrogens (primary N) is 1. The summed E-state index contributed by atoms with van der Waals surface area (Å²) in [6.07, 6.45) is 4.49. The summed E-state index contributed by atoms with van der Waals surface area (Å²) in [6, 6.07) is 5.36. The van der Waals surface area contributed by atoms with Crippen LogP contribution in [0.15, 0.2) is 18.2 Å². The van der Waals surface area contributed by atoms with Gasteiger partial charge in [0.2, 0.25) is 0 Å². The quantitative estimate of drug-likeness (QED) is 0.896. The molecule has 0 spiro atoms. The third kappa shape index (κ3) is 3.21. The molecule has 2 rings (SSSR count). The average Bonchev–Trinajstić information content (AvgIpc) is 2.51. The maximum Gasteiger partial charge on any atom is 0.254 e. The molecule has 0 radical (unpaired) electrons. The number of rotatable bonds is 4. The van der Waals surface area contributed by atoms with E-state index in [2.05, 4.69) is 0 Å². The molecular formula is C17H26N2O2. The van der Waals surface area contributed by atoms with Crippen molar-refractivity contribution in [2.45, 2.75) is 45.6 Å². The van der Waals surface area contributed by atoms with E-state index in [4.69, 9.17) is 5.73 Å². The van der Waals surface area contributed by atoms with Gasteiger partial charge < -0.3 is 15.7 Å². The van der Waals surface area contributed by atoms with Crippen molar-refractivity contribution in [3.05, 3.63) is 29.3 Å². The van der Waals surface area contributed by atoms with Crippen LogP contribution in [0.4, 0.5) is 0 Å². The first-order valence-electron chi connectivity index (χ1n) is 7.89. The first-order chi connectivity index (χ1) is 10.1. The average molecular weight is 290 g/mol. The van der Waals surface area contributed by atoms with Crippen LogP contribution in [-0.2, 0) is 0 Å². The van der Waals surface area contributed by atoms with Gasteiger partial charge in [0.1, 0.15) is 5.75 Å². The third-order valence-electron chi connectivity index (χ3n) is 4.71. The Bertz CT molecular complexity index is 502. The van der Waals surface area contributed by atoms with Crippen LogP contribution in [0.1, 0.15) is 48.5 Å². The van der Waals surface area contributed by atoms with Gasteiger partial charge in [0, 0.05) is 23.7 Å². The van der Waals surface area contributed by atoms with E-state index in [0.29, 0.717) is 30.1 Å². The summed E-state index contributed by atoms with van der Waals surface area (Å²) in [5.74, 6) is 0.576. The number of phenolic OH excluding ortho intramolecular Hbond substituents is 1. The van der Waals surface area contributed by atoms with Gasteiger partial charge in [-0.2, -0.15) is 0 Å². The van der Waals surface area contributed by atoms with Crippen molar-refractivity contribution >= 4 is 5.91 Å². The van der Waals surface area contributed by atoms with Crippen molar-refractivity contribution in [3.63, 3.8) is 0 Å². The van der Waals surface area contributed by atoms with E-state index in [-0.39, 0.29) is 17.7 Å². The molecule has 1 aliphatic carbocycles. The molecule has 0 bridgehead atoms. The molecule has 1 amide bonds. The fourth-order valence-corrected chi connectivity index (χ4v) is 3.41. The third-order valence-corrected chi connectivity index (χ3v) is 4.71. The van der Waals surface area contributed by atoms with E-state index >= 15 is 0 Å². The van der Waals surface area contributed by atoms with Crippen molar-refractivity contribution in [2.75, 3.05) is 13.1 Å². The number of carbonyl (C=O) groups excluding carboxylic acids is 1. The molecule has 2 unspecified atom stereocenters. The van der Waals surface area contributed by atoms with Gasteiger partial charge in [-0.15, -0.1) is 0 Å². The Morgan fingerprint density at radius 1 is 1.38 bits per heavy atom. The van der Waals surface area contributed by atoms with Crippen LogP contribution in [0.2, 0.25) is 0 Å². The Labute approximate surface area is 126 Å². The number of hydrogen-bond acceptors (Lipinski definition) is 3. The molecule has 21 heavy (non-hydrogen) atoms. The largest absolute Gasteiger partial charge is 0.508 e.